The fourth-order valence-electron chi connectivity index (χ4n) is 4.89. The number of hydrogen-bond donors (Lipinski definition) is 1. The quantitative estimate of drug-likeness (QED) is 0.679. The van der Waals surface area contributed by atoms with Gasteiger partial charge in [0.05, 0.1) is 11.7 Å². The van der Waals surface area contributed by atoms with Crippen molar-refractivity contribution >= 4 is 23.2 Å². The van der Waals surface area contributed by atoms with E-state index in [0.717, 1.165) is 38.3 Å². The highest BCUT2D eigenvalue weighted by atomic mass is 35.5. The zero-order valence-corrected chi connectivity index (χ0v) is 21.2. The van der Waals surface area contributed by atoms with Gasteiger partial charge in [-0.2, -0.15) is 0 Å². The summed E-state index contributed by atoms with van der Waals surface area (Å²) in [6.07, 6.45) is 1.17. The Labute approximate surface area is 207 Å². The average Bonchev–Trinajstić information content (AvgIpc) is 3.07. The second kappa shape index (κ2) is 10.6. The minimum absolute atomic E-state index is 0.125. The van der Waals surface area contributed by atoms with E-state index >= 15 is 0 Å². The van der Waals surface area contributed by atoms with E-state index < -0.39 is 5.41 Å². The summed E-state index contributed by atoms with van der Waals surface area (Å²) in [5, 5.41) is 3.83. The van der Waals surface area contributed by atoms with Gasteiger partial charge in [-0.1, -0.05) is 56.6 Å². The van der Waals surface area contributed by atoms with Crippen molar-refractivity contribution in [3.05, 3.63) is 64.4 Å². The molecule has 0 aromatic heterocycles. The molecule has 0 unspecified atom stereocenters. The molecule has 2 aromatic carbocycles. The molecule has 1 atom stereocenters. The van der Waals surface area contributed by atoms with Gasteiger partial charge in [0, 0.05) is 49.7 Å². The summed E-state index contributed by atoms with van der Waals surface area (Å²) in [6.45, 7) is 12.7. The van der Waals surface area contributed by atoms with Crippen LogP contribution in [0.25, 0.3) is 0 Å². The van der Waals surface area contributed by atoms with Crippen LogP contribution in [-0.4, -0.2) is 61.5 Å². The Hall–Kier alpha value is -2.15. The highest BCUT2D eigenvalue weighted by Gasteiger charge is 2.35. The van der Waals surface area contributed by atoms with E-state index in [-0.39, 0.29) is 17.8 Å². The molecule has 184 valence electrons. The summed E-state index contributed by atoms with van der Waals surface area (Å²) in [4.78, 5) is 19.5. The van der Waals surface area contributed by atoms with Gasteiger partial charge in [-0.25, -0.2) is 4.39 Å². The summed E-state index contributed by atoms with van der Waals surface area (Å²) >= 11 is 6.01. The van der Waals surface area contributed by atoms with Crippen LogP contribution in [0.15, 0.2) is 42.5 Å². The third kappa shape index (κ3) is 5.91. The lowest BCUT2D eigenvalue weighted by Crippen LogP contribution is -2.53. The van der Waals surface area contributed by atoms with Crippen LogP contribution in [0, 0.1) is 11.2 Å². The number of piperazine rings is 1. The van der Waals surface area contributed by atoms with Gasteiger partial charge in [0.2, 0.25) is 5.91 Å². The Morgan fingerprint density at radius 1 is 1.06 bits per heavy atom. The van der Waals surface area contributed by atoms with Gasteiger partial charge < -0.3 is 15.1 Å². The van der Waals surface area contributed by atoms with Crippen molar-refractivity contribution in [2.75, 3.05) is 50.7 Å². The molecule has 5 nitrogen and oxygen atoms in total. The van der Waals surface area contributed by atoms with Crippen LogP contribution < -0.4 is 10.2 Å². The second-order valence-electron chi connectivity index (χ2n) is 10.4. The van der Waals surface area contributed by atoms with Gasteiger partial charge in [-0.05, 0) is 48.8 Å². The van der Waals surface area contributed by atoms with Crippen molar-refractivity contribution in [1.82, 2.24) is 15.1 Å². The molecule has 0 aliphatic carbocycles. The van der Waals surface area contributed by atoms with Crippen LogP contribution in [0.1, 0.15) is 44.4 Å². The number of halogens is 2. The lowest BCUT2D eigenvalue weighted by atomic mass is 9.92. The van der Waals surface area contributed by atoms with E-state index in [2.05, 4.69) is 39.4 Å². The van der Waals surface area contributed by atoms with Crippen molar-refractivity contribution in [2.45, 2.75) is 39.8 Å². The van der Waals surface area contributed by atoms with E-state index in [1.54, 1.807) is 12.1 Å². The molecule has 2 heterocycles. The molecular weight excluding hydrogens is 451 g/mol. The molecule has 2 saturated heterocycles. The minimum Gasteiger partial charge on any atom is -0.359 e. The van der Waals surface area contributed by atoms with Crippen LogP contribution in [0.2, 0.25) is 5.02 Å². The molecule has 0 saturated carbocycles. The predicted molar refractivity (Wildman–Crippen MR) is 137 cm³/mol. The highest BCUT2D eigenvalue weighted by molar-refractivity contribution is 6.30. The lowest BCUT2D eigenvalue weighted by molar-refractivity contribution is -0.140. The van der Waals surface area contributed by atoms with E-state index in [1.165, 1.54) is 18.1 Å². The van der Waals surface area contributed by atoms with E-state index in [1.807, 2.05) is 25.7 Å². The number of benzene rings is 2. The average molecular weight is 487 g/mol. The van der Waals surface area contributed by atoms with Crippen LogP contribution in [0.4, 0.5) is 10.1 Å². The van der Waals surface area contributed by atoms with Crippen LogP contribution in [0.3, 0.4) is 0 Å². The topological polar surface area (TPSA) is 38.8 Å². The molecule has 2 aliphatic rings. The normalized spacial score (nSPS) is 20.3. The Morgan fingerprint density at radius 3 is 2.53 bits per heavy atom. The largest absolute Gasteiger partial charge is 0.359 e. The van der Waals surface area contributed by atoms with Gasteiger partial charge in [-0.3, -0.25) is 9.69 Å². The first-order chi connectivity index (χ1) is 16.2. The molecule has 34 heavy (non-hydrogen) atoms. The van der Waals surface area contributed by atoms with E-state index in [0.29, 0.717) is 30.3 Å². The smallest absolute Gasteiger partial charge is 0.228 e. The molecule has 7 heteroatoms. The number of carbonyl (C=O) groups excluding carboxylic acids is 1. The Bertz CT molecular complexity index is 983. The third-order valence-electron chi connectivity index (χ3n) is 6.73. The summed E-state index contributed by atoms with van der Waals surface area (Å²) in [6, 6.07) is 13.3. The maximum absolute atomic E-state index is 14.9. The van der Waals surface area contributed by atoms with Gasteiger partial charge in [0.25, 0.3) is 0 Å². The van der Waals surface area contributed by atoms with Crippen molar-refractivity contribution in [3.63, 3.8) is 0 Å². The first-order valence-corrected chi connectivity index (χ1v) is 12.6. The standard InChI is InChI=1S/C27H36ClFN4O/c1-27(2,3)26(34)32-15-16-33(24-10-9-22(28)17-23(24)29)25(19-32)21-7-5-20(6-8-21)18-31-13-4-11-30-12-14-31/h5-10,17,25,30H,4,11-16,18-19H2,1-3H3/t25-/m0/s1. The van der Waals surface area contributed by atoms with Crippen molar-refractivity contribution in [3.8, 4) is 0 Å². The molecule has 2 aliphatic heterocycles. The van der Waals surface area contributed by atoms with Gasteiger partial charge >= 0.3 is 0 Å². The van der Waals surface area contributed by atoms with Crippen molar-refractivity contribution in [1.29, 1.82) is 0 Å². The number of nitrogens with one attached hydrogen (secondary N) is 1. The molecular formula is C27H36ClFN4O. The van der Waals surface area contributed by atoms with E-state index in [4.69, 9.17) is 11.6 Å². The fourth-order valence-corrected chi connectivity index (χ4v) is 5.05. The zero-order valence-electron chi connectivity index (χ0n) is 20.5. The lowest BCUT2D eigenvalue weighted by Gasteiger charge is -2.44. The zero-order chi connectivity index (χ0) is 24.3. The molecule has 1 amide bonds. The second-order valence-corrected chi connectivity index (χ2v) is 10.9. The molecule has 4 rings (SSSR count). The number of nitrogens with zero attached hydrogens (tertiary/aromatic N) is 3. The molecule has 0 radical (unpaired) electrons. The maximum atomic E-state index is 14.9. The molecule has 0 bridgehead atoms. The summed E-state index contributed by atoms with van der Waals surface area (Å²) in [5.74, 6) is -0.209. The summed E-state index contributed by atoms with van der Waals surface area (Å²) < 4.78 is 14.9. The first-order valence-electron chi connectivity index (χ1n) is 12.3. The molecule has 1 N–H and O–H groups in total. The van der Waals surface area contributed by atoms with Crippen LogP contribution in [0.5, 0.6) is 0 Å². The Balaban J connectivity index is 1.58. The van der Waals surface area contributed by atoms with Gasteiger partial charge in [0.15, 0.2) is 0 Å². The predicted octanol–water partition coefficient (Wildman–Crippen LogP) is 4.71. The number of carbonyl (C=O) groups is 1. The summed E-state index contributed by atoms with van der Waals surface area (Å²) in [7, 11) is 0. The Morgan fingerprint density at radius 2 is 1.82 bits per heavy atom. The fraction of sp³-hybridized carbons (Fsp3) is 0.519. The van der Waals surface area contributed by atoms with Crippen LogP contribution in [-0.2, 0) is 11.3 Å². The highest BCUT2D eigenvalue weighted by Crippen LogP contribution is 2.35. The summed E-state index contributed by atoms with van der Waals surface area (Å²) in [5.41, 5.74) is 2.43. The number of rotatable bonds is 4. The van der Waals surface area contributed by atoms with Gasteiger partial charge in [-0.15, -0.1) is 0 Å². The SMILES string of the molecule is CC(C)(C)C(=O)N1CCN(c2ccc(Cl)cc2F)[C@H](c2ccc(CN3CCCNCC3)cc2)C1. The number of anilines is 1. The third-order valence-corrected chi connectivity index (χ3v) is 6.97. The van der Waals surface area contributed by atoms with Gasteiger partial charge in [0.1, 0.15) is 5.82 Å². The molecule has 2 aromatic rings. The van der Waals surface area contributed by atoms with Crippen molar-refractivity contribution < 1.29 is 9.18 Å². The van der Waals surface area contributed by atoms with Crippen molar-refractivity contribution in [2.24, 2.45) is 5.41 Å². The maximum Gasteiger partial charge on any atom is 0.228 e. The first kappa shape index (κ1) is 25.0. The monoisotopic (exact) mass is 486 g/mol. The minimum atomic E-state index is -0.454. The van der Waals surface area contributed by atoms with E-state index in [9.17, 15) is 9.18 Å². The number of hydrogen-bond acceptors (Lipinski definition) is 4. The number of amides is 1. The Kier molecular flexibility index (Phi) is 7.80. The molecule has 2 fully saturated rings. The van der Waals surface area contributed by atoms with Crippen LogP contribution >= 0.6 is 11.6 Å². The molecule has 0 spiro atoms.